The predicted octanol–water partition coefficient (Wildman–Crippen LogP) is 2.98. The fourth-order valence-electron chi connectivity index (χ4n) is 6.63. The topological polar surface area (TPSA) is 329 Å². The van der Waals surface area contributed by atoms with Crippen LogP contribution in [0.1, 0.15) is 58.8 Å². The maximum Gasteiger partial charge on any atom is 0.475 e. The van der Waals surface area contributed by atoms with Crippen molar-refractivity contribution in [3.8, 4) is 12.1 Å². The second-order valence-electron chi connectivity index (χ2n) is 15.1. The molecule has 344 valence electrons. The van der Waals surface area contributed by atoms with E-state index in [4.69, 9.17) is 36.6 Å². The van der Waals surface area contributed by atoms with Crippen molar-refractivity contribution in [2.24, 2.45) is 11.8 Å². The van der Waals surface area contributed by atoms with E-state index in [9.17, 15) is 38.8 Å². The van der Waals surface area contributed by atoms with Crippen LogP contribution in [0.4, 0.5) is 14.7 Å². The molecule has 4 aromatic rings. The number of alkyl halides is 2. The number of halogens is 2. The number of phosphoric ester groups is 2. The summed E-state index contributed by atoms with van der Waals surface area (Å²) in [5.41, 5.74) is -2.60. The number of aromatic nitrogens is 8. The molecular weight excluding hydrogens is 898 g/mol. The van der Waals surface area contributed by atoms with Gasteiger partial charge in [-0.3, -0.25) is 65.8 Å². The van der Waals surface area contributed by atoms with Crippen LogP contribution < -0.4 is 16.4 Å². The number of phosphoric acid groups is 2. The molecule has 7 heterocycles. The molecule has 7 rings (SSSR count). The van der Waals surface area contributed by atoms with Crippen LogP contribution in [0.5, 0.6) is 0 Å². The minimum Gasteiger partial charge on any atom is -0.346 e. The molecule has 0 saturated carbocycles. The number of nitrogens with one attached hydrogen (secondary N) is 3. The van der Waals surface area contributed by atoms with Crippen molar-refractivity contribution in [1.82, 2.24) is 39.0 Å². The van der Waals surface area contributed by atoms with Gasteiger partial charge >= 0.3 is 15.6 Å². The molecule has 3 N–H and O–H groups in total. The Morgan fingerprint density at radius 3 is 1.78 bits per heavy atom. The van der Waals surface area contributed by atoms with Crippen molar-refractivity contribution < 1.29 is 64.1 Å². The summed E-state index contributed by atoms with van der Waals surface area (Å²) in [4.78, 5) is 72.2. The largest absolute Gasteiger partial charge is 0.475 e. The molecule has 4 aromatic heterocycles. The number of aromatic amines is 2. The van der Waals surface area contributed by atoms with Crippen LogP contribution in [-0.4, -0.2) is 114 Å². The first-order valence-corrected chi connectivity index (χ1v) is 22.6. The molecule has 10 atom stereocenters. The van der Waals surface area contributed by atoms with Gasteiger partial charge in [-0.25, -0.2) is 32.9 Å². The summed E-state index contributed by atoms with van der Waals surface area (Å²) in [6.45, 7) is 3.43. The average Bonchev–Trinajstić information content (AvgIpc) is 4.00. The molecule has 0 bridgehead atoms. The first-order chi connectivity index (χ1) is 30.4. The van der Waals surface area contributed by atoms with Crippen molar-refractivity contribution in [3.05, 3.63) is 39.2 Å². The van der Waals surface area contributed by atoms with Crippen LogP contribution in [0.2, 0.25) is 0 Å². The number of nitriles is 2. The maximum atomic E-state index is 16.9. The van der Waals surface area contributed by atoms with Crippen molar-refractivity contribution in [3.63, 3.8) is 0 Å². The van der Waals surface area contributed by atoms with E-state index in [1.54, 1.807) is 39.8 Å². The molecule has 3 aliphatic heterocycles. The third-order valence-corrected chi connectivity index (χ3v) is 12.9. The lowest BCUT2D eigenvalue weighted by atomic mass is 10.1. The molecule has 29 heteroatoms. The van der Waals surface area contributed by atoms with Crippen LogP contribution >= 0.6 is 15.6 Å². The van der Waals surface area contributed by atoms with Gasteiger partial charge < -0.3 is 14.5 Å². The first kappa shape index (κ1) is 46.8. The molecule has 0 spiro atoms. The fraction of sp³-hybridized carbons (Fsp3) is 0.600. The van der Waals surface area contributed by atoms with Gasteiger partial charge in [0.15, 0.2) is 47.1 Å². The number of nitrogens with zero attached hydrogens (tertiary/aromatic N) is 8. The number of rotatable bonds is 13. The minimum atomic E-state index is -5.04. The second kappa shape index (κ2) is 19.1. The number of carbonyl (C=O) groups excluding carboxylic acids is 2. The van der Waals surface area contributed by atoms with E-state index >= 15 is 8.78 Å². The molecule has 0 aromatic carbocycles. The summed E-state index contributed by atoms with van der Waals surface area (Å²) in [5.74, 6) is -2.05. The van der Waals surface area contributed by atoms with Crippen molar-refractivity contribution >= 4 is 55.6 Å². The number of H-pyrrole nitrogens is 2. The van der Waals surface area contributed by atoms with Gasteiger partial charge in [0, 0.05) is 11.8 Å². The number of ketones is 1. The van der Waals surface area contributed by atoms with Crippen LogP contribution in [-0.2, 0) is 61.8 Å². The Morgan fingerprint density at radius 1 is 0.828 bits per heavy atom. The summed E-state index contributed by atoms with van der Waals surface area (Å²) in [6, 6.07) is 3.57. The highest BCUT2D eigenvalue weighted by molar-refractivity contribution is 7.48. The Morgan fingerprint density at radius 2 is 1.31 bits per heavy atom. The predicted molar refractivity (Wildman–Crippen MR) is 210 cm³/mol. The molecular formula is C35H41F2N11O14P2. The van der Waals surface area contributed by atoms with Gasteiger partial charge in [-0.15, -0.1) is 0 Å². The van der Waals surface area contributed by atoms with Crippen molar-refractivity contribution in [2.75, 3.05) is 31.7 Å². The summed E-state index contributed by atoms with van der Waals surface area (Å²) >= 11 is 0. The normalized spacial score (nSPS) is 29.8. The molecule has 3 saturated heterocycles. The van der Waals surface area contributed by atoms with Crippen LogP contribution in [0.25, 0.3) is 22.3 Å². The number of hydrogen-bond acceptors (Lipinski definition) is 20. The molecule has 6 unspecified atom stereocenters. The smallest absolute Gasteiger partial charge is 0.346 e. The SMILES string of the molecule is CC(C)C(=O)Cc1nc2c(ncn2C2OC3COP(=O)(OCCC#N)O[C@@H]4C(COP(=O)(OCCC#N)O[C@H]3[C@H]2F)OC(n2cnc3c(=O)[nH]c(NC(=O)C(C)C)nc32)[C@@H]4F)c(=O)[nH]1. The van der Waals surface area contributed by atoms with Crippen LogP contribution in [0.3, 0.4) is 0 Å². The molecule has 0 aliphatic carbocycles. The van der Waals surface area contributed by atoms with Gasteiger partial charge in [-0.05, 0) is 0 Å². The van der Waals surface area contributed by atoms with Gasteiger partial charge in [0.1, 0.15) is 36.0 Å². The number of fused-ring (bicyclic) bond motifs is 4. The van der Waals surface area contributed by atoms with E-state index in [0.29, 0.717) is 0 Å². The van der Waals surface area contributed by atoms with E-state index < -0.39 is 120 Å². The van der Waals surface area contributed by atoms with Gasteiger partial charge in [-0.2, -0.15) is 15.5 Å². The summed E-state index contributed by atoms with van der Waals surface area (Å²) in [6.07, 6.45) is -14.7. The highest BCUT2D eigenvalue weighted by Gasteiger charge is 2.56. The van der Waals surface area contributed by atoms with E-state index in [-0.39, 0.29) is 59.1 Å². The Hall–Kier alpha value is -5.18. The number of hydrogen-bond donors (Lipinski definition) is 3. The lowest BCUT2D eigenvalue weighted by Crippen LogP contribution is -2.38. The summed E-state index contributed by atoms with van der Waals surface area (Å²) in [7, 11) is -10.1. The Labute approximate surface area is 359 Å². The number of Topliss-reactive ketones (excluding diaryl/α,β-unsaturated/α-hetero) is 1. The Bertz CT molecular complexity index is 2530. The zero-order valence-corrected chi connectivity index (χ0v) is 36.1. The zero-order chi connectivity index (χ0) is 46.1. The molecule has 64 heavy (non-hydrogen) atoms. The summed E-state index contributed by atoms with van der Waals surface area (Å²) < 4.78 is 110. The van der Waals surface area contributed by atoms with Gasteiger partial charge in [0.05, 0.1) is 70.5 Å². The maximum absolute atomic E-state index is 16.9. The average molecular weight is 940 g/mol. The Kier molecular flexibility index (Phi) is 14.0. The number of imidazole rings is 2. The second-order valence-corrected chi connectivity index (χ2v) is 18.4. The monoisotopic (exact) mass is 939 g/mol. The minimum absolute atomic E-state index is 0.0546. The third kappa shape index (κ3) is 9.74. The van der Waals surface area contributed by atoms with E-state index in [1.165, 1.54) is 0 Å². The highest BCUT2D eigenvalue weighted by atomic mass is 31.2. The van der Waals surface area contributed by atoms with Crippen LogP contribution in [0.15, 0.2) is 22.2 Å². The number of amides is 1. The quantitative estimate of drug-likeness (QED) is 0.128. The number of ether oxygens (including phenoxy) is 2. The number of anilines is 1. The zero-order valence-electron chi connectivity index (χ0n) is 34.3. The molecule has 1 amide bonds. The summed E-state index contributed by atoms with van der Waals surface area (Å²) in [5, 5.41) is 20.8. The lowest BCUT2D eigenvalue weighted by Gasteiger charge is -2.30. The highest BCUT2D eigenvalue weighted by Crippen LogP contribution is 2.58. The van der Waals surface area contributed by atoms with Crippen LogP contribution in [0, 0.1) is 34.5 Å². The molecule has 0 radical (unpaired) electrons. The lowest BCUT2D eigenvalue weighted by molar-refractivity contribution is -0.121. The van der Waals surface area contributed by atoms with Gasteiger partial charge in [-0.1, -0.05) is 27.7 Å². The van der Waals surface area contributed by atoms with Gasteiger partial charge in [0.2, 0.25) is 11.9 Å². The third-order valence-electron chi connectivity index (χ3n) is 9.97. The van der Waals surface area contributed by atoms with E-state index in [2.05, 4.69) is 35.2 Å². The fourth-order valence-corrected chi connectivity index (χ4v) is 9.41. The standard InChI is InChI=1S/C35H41F2N11O14P2/c1-16(2)18(49)11-21-42-28-24(31(51)43-21)40-14-47(28)33-22(36)26-19(59-33)12-57-64(54,56-10-6-8-39)62-27-20(13-58-63(53,61-26)55-9-5-7-38)60-34(23(27)37)48-15-41-25-29(48)44-35(46-32(25)52)45-30(50)17(3)4/h14-17,19-20,22-23,26-27,33-34H,5-6,9-13H2,1-4H3,(H,42,43,51)(H2,44,45,46,50,52)/t19?,20?,22-,23-,26-,27-,33?,34?,63?,64?/m1/s1. The number of carbonyl (C=O) groups is 2. The molecule has 3 fully saturated rings. The van der Waals surface area contributed by atoms with Gasteiger partial charge in [0.25, 0.3) is 11.1 Å². The first-order valence-electron chi connectivity index (χ1n) is 19.7. The molecule has 3 aliphatic rings. The Balaban J connectivity index is 1.24. The van der Waals surface area contributed by atoms with Crippen molar-refractivity contribution in [1.29, 1.82) is 10.5 Å². The molecule has 25 nitrogen and oxygen atoms in total. The van der Waals surface area contributed by atoms with Crippen molar-refractivity contribution in [2.45, 2.75) is 96.2 Å². The van der Waals surface area contributed by atoms with E-state index in [1.807, 2.05) is 0 Å². The van der Waals surface area contributed by atoms with E-state index in [0.717, 1.165) is 21.8 Å².